The molecule has 8 nitrogen and oxygen atoms in total. The van der Waals surface area contributed by atoms with Crippen LogP contribution in [0, 0.1) is 5.82 Å². The van der Waals surface area contributed by atoms with E-state index in [-0.39, 0.29) is 36.7 Å². The van der Waals surface area contributed by atoms with E-state index >= 15 is 0 Å². The maximum absolute atomic E-state index is 14.8. The Morgan fingerprint density at radius 3 is 2.44 bits per heavy atom. The van der Waals surface area contributed by atoms with E-state index in [0.717, 1.165) is 4.31 Å². The minimum atomic E-state index is -3.60. The van der Waals surface area contributed by atoms with Gasteiger partial charge in [-0.1, -0.05) is 24.3 Å². The molecule has 0 aliphatic carbocycles. The van der Waals surface area contributed by atoms with Crippen LogP contribution in [0.15, 0.2) is 42.5 Å². The third-order valence-corrected chi connectivity index (χ3v) is 7.89. The number of nitrogens with zero attached hydrogens (tertiary/aromatic N) is 2. The predicted molar refractivity (Wildman–Crippen MR) is 118 cm³/mol. The van der Waals surface area contributed by atoms with Gasteiger partial charge in [-0.3, -0.25) is 4.79 Å². The number of methoxy groups -OCH3 is 1. The Balaban J connectivity index is 1.88. The number of piperidine rings is 1. The van der Waals surface area contributed by atoms with Crippen LogP contribution in [0.5, 0.6) is 11.5 Å². The number of aromatic hydroxyl groups is 1. The molecule has 1 amide bonds. The molecule has 0 bridgehead atoms. The van der Waals surface area contributed by atoms with Gasteiger partial charge in [0.05, 0.1) is 7.11 Å². The van der Waals surface area contributed by atoms with Gasteiger partial charge in [0.25, 0.3) is 16.1 Å². The quantitative estimate of drug-likeness (QED) is 0.653. The fourth-order valence-electron chi connectivity index (χ4n) is 4.06. The molecule has 0 saturated carbocycles. The van der Waals surface area contributed by atoms with Gasteiger partial charge in [0.1, 0.15) is 22.9 Å². The lowest BCUT2D eigenvalue weighted by molar-refractivity contribution is 0.0925. The second-order valence-electron chi connectivity index (χ2n) is 7.99. The first-order valence-electron chi connectivity index (χ1n) is 10.2. The summed E-state index contributed by atoms with van der Waals surface area (Å²) < 4.78 is 47.5. The van der Waals surface area contributed by atoms with Gasteiger partial charge in [0.2, 0.25) is 0 Å². The molecule has 10 heteroatoms. The smallest absolute Gasteiger partial charge is 0.281 e. The van der Waals surface area contributed by atoms with Crippen molar-refractivity contribution in [3.05, 3.63) is 59.4 Å². The summed E-state index contributed by atoms with van der Waals surface area (Å²) in [6.45, 7) is 0.440. The van der Waals surface area contributed by atoms with E-state index in [1.807, 2.05) is 0 Å². The fourth-order valence-corrected chi connectivity index (χ4v) is 5.17. The summed E-state index contributed by atoms with van der Waals surface area (Å²) in [6, 6.07) is 10.8. The van der Waals surface area contributed by atoms with Gasteiger partial charge in [-0.2, -0.15) is 17.0 Å². The number of phenols is 1. The summed E-state index contributed by atoms with van der Waals surface area (Å²) in [5.41, 5.74) is -0.394. The van der Waals surface area contributed by atoms with Crippen molar-refractivity contribution in [2.45, 2.75) is 18.3 Å². The molecule has 3 rings (SSSR count). The van der Waals surface area contributed by atoms with Gasteiger partial charge in [-0.15, -0.1) is 0 Å². The Morgan fingerprint density at radius 2 is 1.84 bits per heavy atom. The molecule has 0 spiro atoms. The maximum atomic E-state index is 14.8. The molecule has 1 heterocycles. The number of halogens is 1. The van der Waals surface area contributed by atoms with Crippen LogP contribution in [0.1, 0.15) is 28.8 Å². The van der Waals surface area contributed by atoms with Gasteiger partial charge in [0, 0.05) is 39.1 Å². The number of ether oxygens (including phenoxy) is 1. The number of carbonyl (C=O) groups is 1. The SMILES string of the molecule is COc1cccc(O)c1C(=O)NCC1(c2ccccc2F)CCN(S(=O)(=O)N(C)C)CC1. The highest BCUT2D eigenvalue weighted by atomic mass is 32.2. The van der Waals surface area contributed by atoms with E-state index in [1.54, 1.807) is 30.3 Å². The molecule has 0 aromatic heterocycles. The Bertz CT molecular complexity index is 1080. The lowest BCUT2D eigenvalue weighted by Gasteiger charge is -2.42. The highest BCUT2D eigenvalue weighted by Crippen LogP contribution is 2.38. The summed E-state index contributed by atoms with van der Waals surface area (Å²) in [4.78, 5) is 12.9. The molecule has 0 unspecified atom stereocenters. The number of rotatable bonds is 7. The van der Waals surface area contributed by atoms with Gasteiger partial charge in [-0.25, -0.2) is 4.39 Å². The highest BCUT2D eigenvalue weighted by molar-refractivity contribution is 7.86. The summed E-state index contributed by atoms with van der Waals surface area (Å²) in [5.74, 6) is -0.979. The van der Waals surface area contributed by atoms with Crippen LogP contribution in [-0.4, -0.2) is 68.9 Å². The second kappa shape index (κ2) is 9.43. The lowest BCUT2D eigenvalue weighted by Crippen LogP contribution is -2.52. The van der Waals surface area contributed by atoms with E-state index < -0.39 is 27.3 Å². The summed E-state index contributed by atoms with van der Waals surface area (Å²) in [6.07, 6.45) is 0.637. The Morgan fingerprint density at radius 1 is 1.19 bits per heavy atom. The summed E-state index contributed by atoms with van der Waals surface area (Å²) in [5, 5.41) is 13.0. The summed E-state index contributed by atoms with van der Waals surface area (Å²) in [7, 11) is 0.733. The molecule has 1 saturated heterocycles. The molecular formula is C22H28FN3O5S. The van der Waals surface area contributed by atoms with Crippen molar-refractivity contribution < 1.29 is 27.4 Å². The molecule has 1 aliphatic rings. The Kier molecular flexibility index (Phi) is 7.06. The number of hydrogen-bond donors (Lipinski definition) is 2. The normalized spacial score (nSPS) is 16.7. The van der Waals surface area contributed by atoms with Crippen molar-refractivity contribution in [1.29, 1.82) is 0 Å². The summed E-state index contributed by atoms with van der Waals surface area (Å²) >= 11 is 0. The van der Waals surface area contributed by atoms with Crippen LogP contribution >= 0.6 is 0 Å². The van der Waals surface area contributed by atoms with E-state index in [2.05, 4.69) is 5.32 Å². The van der Waals surface area contributed by atoms with Crippen molar-refractivity contribution in [2.24, 2.45) is 0 Å². The van der Waals surface area contributed by atoms with Crippen molar-refractivity contribution in [3.8, 4) is 11.5 Å². The molecule has 1 fully saturated rings. The predicted octanol–water partition coefficient (Wildman–Crippen LogP) is 2.11. The van der Waals surface area contributed by atoms with Crippen LogP contribution in [0.4, 0.5) is 4.39 Å². The van der Waals surface area contributed by atoms with Crippen molar-refractivity contribution in [1.82, 2.24) is 13.9 Å². The van der Waals surface area contributed by atoms with Gasteiger partial charge >= 0.3 is 0 Å². The molecule has 174 valence electrons. The molecule has 32 heavy (non-hydrogen) atoms. The molecule has 1 aliphatic heterocycles. The van der Waals surface area contributed by atoms with Crippen LogP contribution < -0.4 is 10.1 Å². The first-order chi connectivity index (χ1) is 15.1. The zero-order valence-corrected chi connectivity index (χ0v) is 19.2. The van der Waals surface area contributed by atoms with Crippen molar-refractivity contribution in [3.63, 3.8) is 0 Å². The number of hydrogen-bond acceptors (Lipinski definition) is 5. The third-order valence-electron chi connectivity index (χ3n) is 5.95. The minimum Gasteiger partial charge on any atom is -0.507 e. The average molecular weight is 466 g/mol. The first-order valence-corrected chi connectivity index (χ1v) is 11.6. The maximum Gasteiger partial charge on any atom is 0.281 e. The Labute approximate surface area is 187 Å². The number of carbonyl (C=O) groups excluding carboxylic acids is 1. The van der Waals surface area contributed by atoms with E-state index in [9.17, 15) is 22.7 Å². The second-order valence-corrected chi connectivity index (χ2v) is 10.1. The molecule has 2 N–H and O–H groups in total. The number of amides is 1. The Hall–Kier alpha value is -2.69. The van der Waals surface area contributed by atoms with Crippen LogP contribution in [0.25, 0.3) is 0 Å². The van der Waals surface area contributed by atoms with Crippen molar-refractivity contribution >= 4 is 16.1 Å². The van der Waals surface area contributed by atoms with E-state index in [1.165, 1.54) is 37.6 Å². The van der Waals surface area contributed by atoms with Crippen LogP contribution in [-0.2, 0) is 15.6 Å². The fraction of sp³-hybridized carbons (Fsp3) is 0.409. The van der Waals surface area contributed by atoms with E-state index in [4.69, 9.17) is 4.74 Å². The zero-order chi connectivity index (χ0) is 23.5. The minimum absolute atomic E-state index is 0.00805. The molecule has 0 radical (unpaired) electrons. The molecular weight excluding hydrogens is 437 g/mol. The van der Waals surface area contributed by atoms with Gasteiger partial charge in [-0.05, 0) is 36.6 Å². The largest absolute Gasteiger partial charge is 0.507 e. The van der Waals surface area contributed by atoms with Crippen LogP contribution in [0.3, 0.4) is 0 Å². The topological polar surface area (TPSA) is 99.2 Å². The first kappa shape index (κ1) is 24.0. The third kappa shape index (κ3) is 4.57. The molecule has 0 atom stereocenters. The molecule has 2 aromatic carbocycles. The zero-order valence-electron chi connectivity index (χ0n) is 18.3. The van der Waals surface area contributed by atoms with Gasteiger partial charge in [0.15, 0.2) is 0 Å². The highest BCUT2D eigenvalue weighted by Gasteiger charge is 2.41. The average Bonchev–Trinajstić information content (AvgIpc) is 2.77. The van der Waals surface area contributed by atoms with Crippen molar-refractivity contribution in [2.75, 3.05) is 40.8 Å². The standard InChI is InChI=1S/C22H28FN3O5S/c1-25(2)32(29,30)26-13-11-22(12-14-26,16-7-4-5-8-17(16)23)15-24-21(28)20-18(27)9-6-10-19(20)31-3/h4-10,27H,11-15H2,1-3H3,(H,24,28). The number of nitrogens with one attached hydrogen (secondary N) is 1. The van der Waals surface area contributed by atoms with E-state index in [0.29, 0.717) is 18.4 Å². The number of benzene rings is 2. The number of phenolic OH excluding ortho intramolecular Hbond substituents is 1. The van der Waals surface area contributed by atoms with Gasteiger partial charge < -0.3 is 15.2 Å². The monoisotopic (exact) mass is 465 g/mol. The molecule has 2 aromatic rings. The lowest BCUT2D eigenvalue weighted by atomic mass is 9.72. The van der Waals surface area contributed by atoms with Crippen LogP contribution in [0.2, 0.25) is 0 Å².